The number of hydrogen-bond acceptors (Lipinski definition) is 6. The Bertz CT molecular complexity index is 1100. The zero-order valence-corrected chi connectivity index (χ0v) is 22.4. The molecule has 2 aromatic carbocycles. The monoisotopic (exact) mass is 553 g/mol. The molecular weight excluding hydrogens is 526 g/mol. The summed E-state index contributed by atoms with van der Waals surface area (Å²) < 4.78 is 11.1. The molecule has 0 aromatic heterocycles. The zero-order valence-electron chi connectivity index (χ0n) is 20.1. The number of nitro groups is 1. The van der Waals surface area contributed by atoms with Crippen molar-refractivity contribution in [1.29, 1.82) is 0 Å². The van der Waals surface area contributed by atoms with Crippen molar-refractivity contribution >= 4 is 45.3 Å². The summed E-state index contributed by atoms with van der Waals surface area (Å²) >= 11 is 9.35. The second-order valence-corrected chi connectivity index (χ2v) is 10.9. The van der Waals surface area contributed by atoms with Crippen molar-refractivity contribution in [3.05, 3.63) is 61.1 Å². The number of carbonyl (C=O) groups excluding carboxylic acids is 1. The molecule has 2 rings (SSSR count). The molecule has 10 heteroatoms. The summed E-state index contributed by atoms with van der Waals surface area (Å²) in [4.78, 5) is 23.5. The van der Waals surface area contributed by atoms with Crippen LogP contribution in [0, 0.1) is 15.5 Å². The standard InChI is InChI=1S/C24H29BrClN3O5/c1-23(2,3)14-24(4,5)16-10-18(25)22(19(11-16)29(31)32)34-13-21(30)28-27-12-15-9-17(26)7-8-20(15)33-6/h7-12H,13-14H2,1-6H3,(H,28,30). The third kappa shape index (κ3) is 7.70. The number of amides is 1. The number of ether oxygens (including phenoxy) is 2. The Labute approximate surface area is 212 Å². The van der Waals surface area contributed by atoms with E-state index in [9.17, 15) is 14.9 Å². The molecule has 0 heterocycles. The average molecular weight is 555 g/mol. The molecule has 34 heavy (non-hydrogen) atoms. The first-order chi connectivity index (χ1) is 15.7. The molecular formula is C24H29BrClN3O5. The van der Waals surface area contributed by atoms with E-state index in [2.05, 4.69) is 47.2 Å². The van der Waals surface area contributed by atoms with Gasteiger partial charge in [-0.1, -0.05) is 46.2 Å². The van der Waals surface area contributed by atoms with Crippen LogP contribution in [0.5, 0.6) is 11.5 Å². The van der Waals surface area contributed by atoms with E-state index in [0.29, 0.717) is 20.8 Å². The Hall–Kier alpha value is -2.65. The van der Waals surface area contributed by atoms with Crippen molar-refractivity contribution in [3.8, 4) is 11.5 Å². The lowest BCUT2D eigenvalue weighted by Gasteiger charge is -2.33. The molecule has 0 aliphatic rings. The van der Waals surface area contributed by atoms with Crippen molar-refractivity contribution in [2.75, 3.05) is 13.7 Å². The molecule has 0 aliphatic heterocycles. The van der Waals surface area contributed by atoms with Gasteiger partial charge in [-0.15, -0.1) is 0 Å². The number of nitrogens with one attached hydrogen (secondary N) is 1. The molecule has 0 spiro atoms. The molecule has 0 saturated carbocycles. The van der Waals surface area contributed by atoms with Gasteiger partial charge in [0.15, 0.2) is 6.61 Å². The van der Waals surface area contributed by atoms with Crippen LogP contribution >= 0.6 is 27.5 Å². The van der Waals surface area contributed by atoms with E-state index in [4.69, 9.17) is 21.1 Å². The molecule has 0 bridgehead atoms. The van der Waals surface area contributed by atoms with Crippen LogP contribution in [0.4, 0.5) is 5.69 Å². The molecule has 0 unspecified atom stereocenters. The number of halogens is 2. The van der Waals surface area contributed by atoms with Gasteiger partial charge in [0.1, 0.15) is 5.75 Å². The van der Waals surface area contributed by atoms with E-state index < -0.39 is 17.4 Å². The second kappa shape index (κ2) is 11.2. The van der Waals surface area contributed by atoms with Crippen LogP contribution in [0.1, 0.15) is 52.2 Å². The molecule has 0 saturated heterocycles. The molecule has 2 aromatic rings. The van der Waals surface area contributed by atoms with Gasteiger partial charge in [-0.3, -0.25) is 14.9 Å². The number of rotatable bonds is 9. The predicted molar refractivity (Wildman–Crippen MR) is 137 cm³/mol. The van der Waals surface area contributed by atoms with E-state index >= 15 is 0 Å². The van der Waals surface area contributed by atoms with E-state index in [0.717, 1.165) is 12.0 Å². The quantitative estimate of drug-likeness (QED) is 0.224. The molecule has 8 nitrogen and oxygen atoms in total. The second-order valence-electron chi connectivity index (χ2n) is 9.65. The van der Waals surface area contributed by atoms with Crippen molar-refractivity contribution in [2.45, 2.75) is 46.5 Å². The van der Waals surface area contributed by atoms with Gasteiger partial charge in [0, 0.05) is 16.7 Å². The summed E-state index contributed by atoms with van der Waals surface area (Å²) in [5.74, 6) is -0.0702. The molecule has 1 N–H and O–H groups in total. The third-order valence-corrected chi connectivity index (χ3v) is 5.73. The number of nitro benzene ring substituents is 1. The summed E-state index contributed by atoms with van der Waals surface area (Å²) in [6.07, 6.45) is 2.20. The van der Waals surface area contributed by atoms with Crippen LogP contribution in [0.15, 0.2) is 39.9 Å². The van der Waals surface area contributed by atoms with Crippen LogP contribution in [0.25, 0.3) is 0 Å². The first-order valence-electron chi connectivity index (χ1n) is 10.5. The van der Waals surface area contributed by atoms with Gasteiger partial charge in [0.25, 0.3) is 5.91 Å². The number of methoxy groups -OCH3 is 1. The number of hydrogen-bond donors (Lipinski definition) is 1. The Kier molecular flexibility index (Phi) is 9.08. The molecule has 1 amide bonds. The fraction of sp³-hybridized carbons (Fsp3) is 0.417. The third-order valence-electron chi connectivity index (χ3n) is 4.91. The van der Waals surface area contributed by atoms with Crippen molar-refractivity contribution < 1.29 is 19.2 Å². The number of nitrogens with zero attached hydrogens (tertiary/aromatic N) is 2. The van der Waals surface area contributed by atoms with Gasteiger partial charge in [0.2, 0.25) is 5.75 Å². The largest absolute Gasteiger partial charge is 0.496 e. The van der Waals surface area contributed by atoms with E-state index in [1.54, 1.807) is 24.3 Å². The van der Waals surface area contributed by atoms with Gasteiger partial charge >= 0.3 is 5.69 Å². The predicted octanol–water partition coefficient (Wildman–Crippen LogP) is 6.26. The SMILES string of the molecule is COc1ccc(Cl)cc1C=NNC(=O)COc1c(Br)cc(C(C)(C)CC(C)(C)C)cc1[N+](=O)[O-]. The fourth-order valence-electron chi connectivity index (χ4n) is 3.83. The topological polar surface area (TPSA) is 103 Å². The molecule has 0 atom stereocenters. The van der Waals surface area contributed by atoms with Crippen LogP contribution in [0.2, 0.25) is 5.02 Å². The lowest BCUT2D eigenvalue weighted by atomic mass is 9.72. The van der Waals surface area contributed by atoms with Gasteiger partial charge in [0.05, 0.1) is 22.7 Å². The number of carbonyl (C=O) groups is 1. The van der Waals surface area contributed by atoms with E-state index in [1.807, 2.05) is 13.8 Å². The van der Waals surface area contributed by atoms with Crippen LogP contribution in [0.3, 0.4) is 0 Å². The maximum absolute atomic E-state index is 12.2. The highest BCUT2D eigenvalue weighted by atomic mass is 79.9. The van der Waals surface area contributed by atoms with Gasteiger partial charge in [-0.25, -0.2) is 5.43 Å². The Morgan fingerprint density at radius 3 is 2.50 bits per heavy atom. The lowest BCUT2D eigenvalue weighted by molar-refractivity contribution is -0.386. The average Bonchev–Trinajstić information content (AvgIpc) is 2.70. The Balaban J connectivity index is 2.15. The molecule has 184 valence electrons. The first-order valence-corrected chi connectivity index (χ1v) is 11.7. The van der Waals surface area contributed by atoms with Crippen LogP contribution in [-0.4, -0.2) is 30.8 Å². The first kappa shape index (κ1) is 27.6. The zero-order chi connectivity index (χ0) is 25.7. The Morgan fingerprint density at radius 1 is 1.24 bits per heavy atom. The van der Waals surface area contributed by atoms with Crippen molar-refractivity contribution in [3.63, 3.8) is 0 Å². The van der Waals surface area contributed by atoms with Crippen molar-refractivity contribution in [1.82, 2.24) is 5.43 Å². The van der Waals surface area contributed by atoms with E-state index in [-0.39, 0.29) is 22.3 Å². The smallest absolute Gasteiger partial charge is 0.312 e. The summed E-state index contributed by atoms with van der Waals surface area (Å²) in [7, 11) is 1.51. The maximum Gasteiger partial charge on any atom is 0.312 e. The van der Waals surface area contributed by atoms with E-state index in [1.165, 1.54) is 19.4 Å². The van der Waals surface area contributed by atoms with Crippen LogP contribution in [-0.2, 0) is 10.2 Å². The summed E-state index contributed by atoms with van der Waals surface area (Å²) in [6, 6.07) is 8.29. The number of hydrazone groups is 1. The van der Waals surface area contributed by atoms with Gasteiger partial charge in [-0.05, 0) is 63.0 Å². The minimum atomic E-state index is -0.587. The highest BCUT2D eigenvalue weighted by Gasteiger charge is 2.31. The lowest BCUT2D eigenvalue weighted by Crippen LogP contribution is -2.26. The highest BCUT2D eigenvalue weighted by molar-refractivity contribution is 9.10. The Morgan fingerprint density at radius 2 is 1.91 bits per heavy atom. The minimum Gasteiger partial charge on any atom is -0.496 e. The van der Waals surface area contributed by atoms with Gasteiger partial charge in [-0.2, -0.15) is 5.10 Å². The molecule has 0 fully saturated rings. The van der Waals surface area contributed by atoms with Crippen LogP contribution < -0.4 is 14.9 Å². The summed E-state index contributed by atoms with van der Waals surface area (Å²) in [6.45, 7) is 10.0. The fourth-order valence-corrected chi connectivity index (χ4v) is 4.57. The minimum absolute atomic E-state index is 0.0176. The molecule has 0 aliphatic carbocycles. The normalized spacial score (nSPS) is 12.0. The molecule has 0 radical (unpaired) electrons. The summed E-state index contributed by atoms with van der Waals surface area (Å²) in [5.41, 5.74) is 3.21. The van der Waals surface area contributed by atoms with Gasteiger partial charge < -0.3 is 9.47 Å². The van der Waals surface area contributed by atoms with Crippen molar-refractivity contribution in [2.24, 2.45) is 10.5 Å². The summed E-state index contributed by atoms with van der Waals surface area (Å²) in [5, 5.41) is 16.1. The number of benzene rings is 2. The highest BCUT2D eigenvalue weighted by Crippen LogP contribution is 2.43. The maximum atomic E-state index is 12.2.